The Labute approximate surface area is 429 Å². The van der Waals surface area contributed by atoms with E-state index in [4.69, 9.17) is 9.05 Å². The van der Waals surface area contributed by atoms with E-state index in [2.05, 4.69) is 55.6 Å². The summed E-state index contributed by atoms with van der Waals surface area (Å²) < 4.78 is 23.3. The van der Waals surface area contributed by atoms with Crippen LogP contribution in [0.1, 0.15) is 277 Å². The second-order valence-corrected chi connectivity index (χ2v) is 22.7. The standard InChI is InChI=1S/C60H115N2O6P/c1-6-8-10-12-14-16-18-20-22-24-25-26-27-28-29-30-31-32-33-34-35-36-38-39-41-43-45-47-49-51-53-59(63)58(57-68-69(65,66)67-56-55-62(3,4)5)61-60(64)54-52-50-48-46-44-42-40-37-23-21-19-17-15-13-11-9-7-2/h9,11,15,17,21,23,51,53,58-59,63H,6-8,10,12-14,16,18-20,22,24-50,52,54-57H2,1-5H3,(H-,61,64,65,66)/b11-9-,17-15-,23-21-,53-51+. The maximum Gasteiger partial charge on any atom is 0.268 e. The van der Waals surface area contributed by atoms with E-state index < -0.39 is 20.0 Å². The molecule has 0 aliphatic carbocycles. The van der Waals surface area contributed by atoms with E-state index in [0.717, 1.165) is 70.6 Å². The number of amides is 1. The number of phosphoric acid groups is 1. The number of carbonyl (C=O) groups excluding carboxylic acids is 1. The van der Waals surface area contributed by atoms with Crippen molar-refractivity contribution < 1.29 is 32.9 Å². The summed E-state index contributed by atoms with van der Waals surface area (Å²) in [5, 5.41) is 13.9. The topological polar surface area (TPSA) is 108 Å². The zero-order chi connectivity index (χ0) is 50.6. The number of quaternary nitrogens is 1. The molecule has 9 heteroatoms. The highest BCUT2D eigenvalue weighted by Crippen LogP contribution is 2.38. The number of rotatable bonds is 54. The van der Waals surface area contributed by atoms with Crippen molar-refractivity contribution >= 4 is 13.7 Å². The number of nitrogens with zero attached hydrogens (tertiary/aromatic N) is 1. The van der Waals surface area contributed by atoms with Crippen molar-refractivity contribution in [3.05, 3.63) is 48.6 Å². The molecule has 0 bridgehead atoms. The van der Waals surface area contributed by atoms with E-state index in [1.807, 2.05) is 27.2 Å². The maximum absolute atomic E-state index is 12.9. The van der Waals surface area contributed by atoms with Crippen LogP contribution >= 0.6 is 7.82 Å². The van der Waals surface area contributed by atoms with Crippen LogP contribution in [0, 0.1) is 0 Å². The number of allylic oxidation sites excluding steroid dienone is 7. The molecule has 0 spiro atoms. The number of aliphatic hydroxyl groups excluding tert-OH is 1. The van der Waals surface area contributed by atoms with Crippen molar-refractivity contribution in [2.75, 3.05) is 40.9 Å². The normalized spacial score (nSPS) is 14.2. The largest absolute Gasteiger partial charge is 0.756 e. The van der Waals surface area contributed by atoms with Crippen LogP contribution in [-0.2, 0) is 18.4 Å². The quantitative estimate of drug-likeness (QED) is 0.0272. The molecular weight excluding hydrogens is 876 g/mol. The lowest BCUT2D eigenvalue weighted by molar-refractivity contribution is -0.870. The van der Waals surface area contributed by atoms with Crippen LogP contribution in [0.15, 0.2) is 48.6 Å². The van der Waals surface area contributed by atoms with Crippen LogP contribution in [0.5, 0.6) is 0 Å². The Bertz CT molecular complexity index is 1260. The van der Waals surface area contributed by atoms with Gasteiger partial charge >= 0.3 is 0 Å². The molecule has 0 heterocycles. The smallest absolute Gasteiger partial charge is 0.268 e. The fourth-order valence-electron chi connectivity index (χ4n) is 8.70. The number of phosphoric ester groups is 1. The first kappa shape index (κ1) is 67.5. The number of unbranched alkanes of at least 4 members (excludes halogenated alkanes) is 35. The van der Waals surface area contributed by atoms with Crippen LogP contribution < -0.4 is 10.2 Å². The average molecular weight is 992 g/mol. The Kier molecular flexibility index (Phi) is 50.2. The Hall–Kier alpha value is -1.54. The van der Waals surface area contributed by atoms with Gasteiger partial charge in [-0.05, 0) is 51.4 Å². The highest BCUT2D eigenvalue weighted by molar-refractivity contribution is 7.45. The first-order valence-corrected chi connectivity index (χ1v) is 31.0. The van der Waals surface area contributed by atoms with Crippen LogP contribution in [0.4, 0.5) is 0 Å². The molecule has 0 rings (SSSR count). The molecule has 8 nitrogen and oxygen atoms in total. The van der Waals surface area contributed by atoms with Gasteiger partial charge in [0.05, 0.1) is 39.9 Å². The number of hydrogen-bond acceptors (Lipinski definition) is 6. The molecule has 0 aliphatic rings. The summed E-state index contributed by atoms with van der Waals surface area (Å²) in [7, 11) is 1.26. The molecule has 69 heavy (non-hydrogen) atoms. The summed E-state index contributed by atoms with van der Waals surface area (Å²) in [4.78, 5) is 25.5. The fourth-order valence-corrected chi connectivity index (χ4v) is 9.42. The lowest BCUT2D eigenvalue weighted by atomic mass is 10.0. The number of carbonyl (C=O) groups is 1. The minimum Gasteiger partial charge on any atom is -0.756 e. The third-order valence-electron chi connectivity index (χ3n) is 13.3. The first-order chi connectivity index (χ1) is 33.5. The molecular formula is C60H115N2O6P. The predicted octanol–water partition coefficient (Wildman–Crippen LogP) is 17.3. The first-order valence-electron chi connectivity index (χ1n) is 29.5. The molecule has 3 unspecified atom stereocenters. The average Bonchev–Trinajstić information content (AvgIpc) is 3.31. The van der Waals surface area contributed by atoms with Gasteiger partial charge in [-0.3, -0.25) is 9.36 Å². The zero-order valence-electron chi connectivity index (χ0n) is 46.3. The number of hydrogen-bond donors (Lipinski definition) is 2. The third kappa shape index (κ3) is 54.1. The second-order valence-electron chi connectivity index (χ2n) is 21.3. The van der Waals surface area contributed by atoms with Crippen molar-refractivity contribution in [1.82, 2.24) is 5.32 Å². The molecule has 0 aromatic heterocycles. The summed E-state index contributed by atoms with van der Waals surface area (Å²) in [6.07, 6.45) is 67.7. The van der Waals surface area contributed by atoms with E-state index >= 15 is 0 Å². The highest BCUT2D eigenvalue weighted by atomic mass is 31.2. The Morgan fingerprint density at radius 2 is 0.884 bits per heavy atom. The van der Waals surface area contributed by atoms with Gasteiger partial charge < -0.3 is 28.8 Å². The summed E-state index contributed by atoms with van der Waals surface area (Å²) in [5.74, 6) is -0.206. The van der Waals surface area contributed by atoms with Gasteiger partial charge in [-0.1, -0.05) is 268 Å². The lowest BCUT2D eigenvalue weighted by Crippen LogP contribution is -2.45. The maximum atomic E-state index is 12.9. The van der Waals surface area contributed by atoms with Crippen molar-refractivity contribution in [2.24, 2.45) is 0 Å². The van der Waals surface area contributed by atoms with Gasteiger partial charge in [-0.15, -0.1) is 0 Å². The van der Waals surface area contributed by atoms with Gasteiger partial charge in [0, 0.05) is 6.42 Å². The van der Waals surface area contributed by atoms with Gasteiger partial charge in [0.25, 0.3) is 7.82 Å². The summed E-state index contributed by atoms with van der Waals surface area (Å²) in [5.41, 5.74) is 0. The number of likely N-dealkylation sites (N-methyl/N-ethyl adjacent to an activating group) is 1. The lowest BCUT2D eigenvalue weighted by Gasteiger charge is -2.29. The summed E-state index contributed by atoms with van der Waals surface area (Å²) >= 11 is 0. The summed E-state index contributed by atoms with van der Waals surface area (Å²) in [6, 6.07) is -0.894. The molecule has 0 saturated heterocycles. The zero-order valence-corrected chi connectivity index (χ0v) is 47.2. The van der Waals surface area contributed by atoms with Gasteiger partial charge in [-0.25, -0.2) is 0 Å². The van der Waals surface area contributed by atoms with E-state index in [9.17, 15) is 19.4 Å². The van der Waals surface area contributed by atoms with Crippen molar-refractivity contribution in [2.45, 2.75) is 289 Å². The summed E-state index contributed by atoms with van der Waals surface area (Å²) in [6.45, 7) is 4.56. The Morgan fingerprint density at radius 3 is 1.29 bits per heavy atom. The second kappa shape index (κ2) is 51.4. The Balaban J connectivity index is 4.13. The number of aliphatic hydroxyl groups is 1. The monoisotopic (exact) mass is 991 g/mol. The molecule has 406 valence electrons. The molecule has 0 aliphatic heterocycles. The van der Waals surface area contributed by atoms with Crippen LogP contribution in [-0.4, -0.2) is 68.5 Å². The Morgan fingerprint density at radius 1 is 0.522 bits per heavy atom. The molecule has 3 atom stereocenters. The minimum atomic E-state index is -4.60. The van der Waals surface area contributed by atoms with E-state index in [1.165, 1.54) is 186 Å². The van der Waals surface area contributed by atoms with Crippen LogP contribution in [0.3, 0.4) is 0 Å². The molecule has 2 N–H and O–H groups in total. The molecule has 0 radical (unpaired) electrons. The van der Waals surface area contributed by atoms with Gasteiger partial charge in [-0.2, -0.15) is 0 Å². The van der Waals surface area contributed by atoms with Crippen molar-refractivity contribution in [3.63, 3.8) is 0 Å². The van der Waals surface area contributed by atoms with Crippen LogP contribution in [0.2, 0.25) is 0 Å². The fraction of sp³-hybridized carbons (Fsp3) is 0.850. The molecule has 0 aromatic carbocycles. The third-order valence-corrected chi connectivity index (χ3v) is 14.3. The predicted molar refractivity (Wildman–Crippen MR) is 298 cm³/mol. The van der Waals surface area contributed by atoms with E-state index in [1.54, 1.807) is 6.08 Å². The molecule has 0 saturated carbocycles. The SMILES string of the molecule is CC/C=C\C/C=C\C/C=C\CCCCCCCCCC(=O)NC(COP(=O)([O-])OCC[N+](C)(C)C)C(O)/C=C/CCCCCCCCCCCCCCCCCCCCCCCCCCCCCC. The molecule has 0 fully saturated rings. The van der Waals surface area contributed by atoms with Gasteiger partial charge in [0.1, 0.15) is 13.2 Å². The minimum absolute atomic E-state index is 0.00405. The van der Waals surface area contributed by atoms with E-state index in [-0.39, 0.29) is 19.1 Å². The number of nitrogens with one attached hydrogen (secondary N) is 1. The van der Waals surface area contributed by atoms with Crippen molar-refractivity contribution in [3.8, 4) is 0 Å². The van der Waals surface area contributed by atoms with Gasteiger partial charge in [0.2, 0.25) is 5.91 Å². The molecule has 1 amide bonds. The highest BCUT2D eigenvalue weighted by Gasteiger charge is 2.23. The van der Waals surface area contributed by atoms with Crippen molar-refractivity contribution in [1.29, 1.82) is 0 Å². The van der Waals surface area contributed by atoms with E-state index in [0.29, 0.717) is 17.4 Å². The molecule has 0 aromatic rings. The van der Waals surface area contributed by atoms with Crippen LogP contribution in [0.25, 0.3) is 0 Å². The van der Waals surface area contributed by atoms with Gasteiger partial charge in [0.15, 0.2) is 0 Å².